The number of Topliss-reactive ketones (excluding diaryl/α,β-unsaturated/α-hetero) is 1. The third kappa shape index (κ3) is 3.37. The highest BCUT2D eigenvalue weighted by atomic mass is 16.6. The molecule has 6 nitrogen and oxygen atoms in total. The zero-order valence-corrected chi connectivity index (χ0v) is 13.4. The molecule has 1 aromatic rings. The van der Waals surface area contributed by atoms with Gasteiger partial charge in [-0.1, -0.05) is 0 Å². The fraction of sp³-hybridized carbons (Fsp3) is 0.588. The largest absolute Gasteiger partial charge is 0.378 e. The first-order valence-electron chi connectivity index (χ1n) is 8.22. The number of carbonyl (C=O) groups excluding carboxylic acids is 1. The van der Waals surface area contributed by atoms with Crippen molar-refractivity contribution < 1.29 is 14.5 Å². The topological polar surface area (TPSA) is 72.7 Å². The van der Waals surface area contributed by atoms with Crippen molar-refractivity contribution in [2.75, 3.05) is 24.6 Å². The van der Waals surface area contributed by atoms with Gasteiger partial charge < -0.3 is 9.64 Å². The molecule has 0 N–H and O–H groups in total. The molecule has 0 aromatic heterocycles. The molecule has 1 aromatic carbocycles. The Hall–Kier alpha value is -1.95. The second-order valence-electron chi connectivity index (χ2n) is 6.39. The van der Waals surface area contributed by atoms with Crippen molar-refractivity contribution in [3.63, 3.8) is 0 Å². The van der Waals surface area contributed by atoms with Crippen LogP contribution < -0.4 is 4.90 Å². The van der Waals surface area contributed by atoms with Gasteiger partial charge in [-0.15, -0.1) is 0 Å². The Labute approximate surface area is 135 Å². The Morgan fingerprint density at radius 3 is 2.61 bits per heavy atom. The van der Waals surface area contributed by atoms with E-state index in [1.165, 1.54) is 13.0 Å². The number of carbonyl (C=O) groups is 1. The van der Waals surface area contributed by atoms with E-state index in [4.69, 9.17) is 4.74 Å². The molecule has 2 saturated heterocycles. The molecule has 0 radical (unpaired) electrons. The Bertz CT molecular complexity index is 603. The molecule has 0 bridgehead atoms. The Morgan fingerprint density at radius 1 is 1.30 bits per heavy atom. The van der Waals surface area contributed by atoms with E-state index in [0.717, 1.165) is 45.4 Å². The molecule has 0 amide bonds. The molecule has 2 fully saturated rings. The van der Waals surface area contributed by atoms with Crippen molar-refractivity contribution in [2.24, 2.45) is 5.92 Å². The van der Waals surface area contributed by atoms with Gasteiger partial charge in [0.05, 0.1) is 11.0 Å². The summed E-state index contributed by atoms with van der Waals surface area (Å²) >= 11 is 0. The van der Waals surface area contributed by atoms with Crippen molar-refractivity contribution in [3.8, 4) is 0 Å². The molecular formula is C17H22N2O4. The van der Waals surface area contributed by atoms with Gasteiger partial charge in [0.1, 0.15) is 5.69 Å². The van der Waals surface area contributed by atoms with Crippen LogP contribution in [0.4, 0.5) is 11.4 Å². The van der Waals surface area contributed by atoms with Gasteiger partial charge in [-0.3, -0.25) is 14.9 Å². The van der Waals surface area contributed by atoms with Gasteiger partial charge >= 0.3 is 0 Å². The van der Waals surface area contributed by atoms with Crippen LogP contribution >= 0.6 is 0 Å². The van der Waals surface area contributed by atoms with Crippen molar-refractivity contribution in [3.05, 3.63) is 33.9 Å². The average molecular weight is 318 g/mol. The maximum atomic E-state index is 11.4. The molecule has 23 heavy (non-hydrogen) atoms. The number of anilines is 1. The van der Waals surface area contributed by atoms with E-state index in [9.17, 15) is 14.9 Å². The molecule has 0 saturated carbocycles. The van der Waals surface area contributed by atoms with E-state index < -0.39 is 4.92 Å². The normalized spacial score (nSPS) is 22.3. The fourth-order valence-electron chi connectivity index (χ4n) is 3.64. The van der Waals surface area contributed by atoms with E-state index in [-0.39, 0.29) is 11.5 Å². The van der Waals surface area contributed by atoms with Crippen molar-refractivity contribution in [1.82, 2.24) is 0 Å². The second kappa shape index (κ2) is 6.66. The second-order valence-corrected chi connectivity index (χ2v) is 6.39. The number of nitro benzene ring substituents is 1. The zero-order valence-electron chi connectivity index (χ0n) is 13.4. The first kappa shape index (κ1) is 15.9. The fourth-order valence-corrected chi connectivity index (χ4v) is 3.64. The molecule has 124 valence electrons. The van der Waals surface area contributed by atoms with E-state index in [1.807, 2.05) is 0 Å². The standard InChI is InChI=1S/C17H22N2O4/c1-12(20)14-4-5-15(16(11-14)19(21)22)18-8-6-13(7-9-18)17-3-2-10-23-17/h4-5,11,13,17H,2-3,6-10H2,1H3/t17-/m1/s1. The first-order valence-corrected chi connectivity index (χ1v) is 8.22. The van der Waals surface area contributed by atoms with Gasteiger partial charge in [-0.05, 0) is 50.7 Å². The summed E-state index contributed by atoms with van der Waals surface area (Å²) in [5.41, 5.74) is 1.02. The third-order valence-electron chi connectivity index (χ3n) is 4.95. The van der Waals surface area contributed by atoms with Gasteiger partial charge in [0.2, 0.25) is 0 Å². The van der Waals surface area contributed by atoms with Crippen LogP contribution in [0.2, 0.25) is 0 Å². The lowest BCUT2D eigenvalue weighted by Gasteiger charge is -2.35. The van der Waals surface area contributed by atoms with Gasteiger partial charge in [0.25, 0.3) is 5.69 Å². The number of ether oxygens (including phenoxy) is 1. The number of hydrogen-bond donors (Lipinski definition) is 0. The van der Waals surface area contributed by atoms with Crippen LogP contribution in [0.15, 0.2) is 18.2 Å². The first-order chi connectivity index (χ1) is 11.1. The molecule has 2 aliphatic heterocycles. The maximum Gasteiger partial charge on any atom is 0.293 e. The van der Waals surface area contributed by atoms with E-state index in [1.54, 1.807) is 12.1 Å². The molecule has 3 rings (SSSR count). The Balaban J connectivity index is 1.74. The smallest absolute Gasteiger partial charge is 0.293 e. The van der Waals surface area contributed by atoms with Crippen LogP contribution in [-0.2, 0) is 4.74 Å². The van der Waals surface area contributed by atoms with Crippen molar-refractivity contribution in [1.29, 1.82) is 0 Å². The number of ketones is 1. The van der Waals surface area contributed by atoms with Gasteiger partial charge in [-0.25, -0.2) is 0 Å². The van der Waals surface area contributed by atoms with E-state index in [0.29, 0.717) is 23.3 Å². The Kier molecular flexibility index (Phi) is 4.61. The summed E-state index contributed by atoms with van der Waals surface area (Å²) in [6.45, 7) is 3.88. The Morgan fingerprint density at radius 2 is 2.04 bits per heavy atom. The van der Waals surface area contributed by atoms with Crippen molar-refractivity contribution in [2.45, 2.75) is 38.7 Å². The van der Waals surface area contributed by atoms with Crippen molar-refractivity contribution >= 4 is 17.2 Å². The van der Waals surface area contributed by atoms with Crippen LogP contribution in [0.3, 0.4) is 0 Å². The summed E-state index contributed by atoms with van der Waals surface area (Å²) in [6.07, 6.45) is 4.64. The lowest BCUT2D eigenvalue weighted by molar-refractivity contribution is -0.384. The summed E-state index contributed by atoms with van der Waals surface area (Å²) in [5.74, 6) is 0.404. The summed E-state index contributed by atoms with van der Waals surface area (Å²) < 4.78 is 5.77. The van der Waals surface area contributed by atoms with E-state index in [2.05, 4.69) is 4.90 Å². The minimum atomic E-state index is -0.395. The summed E-state index contributed by atoms with van der Waals surface area (Å²) in [5, 5.41) is 11.4. The quantitative estimate of drug-likeness (QED) is 0.484. The SMILES string of the molecule is CC(=O)c1ccc(N2CCC([C@H]3CCCO3)CC2)c([N+](=O)[O-])c1. The molecule has 6 heteroatoms. The van der Waals surface area contributed by atoms with Crippen LogP contribution in [0.25, 0.3) is 0 Å². The van der Waals surface area contributed by atoms with E-state index >= 15 is 0 Å². The highest BCUT2D eigenvalue weighted by Gasteiger charge is 2.31. The lowest BCUT2D eigenvalue weighted by atomic mass is 9.89. The lowest BCUT2D eigenvalue weighted by Crippen LogP contribution is -2.38. The average Bonchev–Trinajstić information content (AvgIpc) is 3.09. The third-order valence-corrected chi connectivity index (χ3v) is 4.95. The van der Waals surface area contributed by atoms with Crippen LogP contribution in [-0.4, -0.2) is 36.5 Å². The number of hydrogen-bond acceptors (Lipinski definition) is 5. The molecular weight excluding hydrogens is 296 g/mol. The van der Waals surface area contributed by atoms with Crippen LogP contribution in [0, 0.1) is 16.0 Å². The maximum absolute atomic E-state index is 11.4. The highest BCUT2D eigenvalue weighted by Crippen LogP contribution is 2.35. The predicted molar refractivity (Wildman–Crippen MR) is 87.0 cm³/mol. The van der Waals surface area contributed by atoms with Crippen LogP contribution in [0.5, 0.6) is 0 Å². The van der Waals surface area contributed by atoms with Gasteiger partial charge in [0.15, 0.2) is 5.78 Å². The minimum Gasteiger partial charge on any atom is -0.378 e. The zero-order chi connectivity index (χ0) is 16.4. The monoisotopic (exact) mass is 318 g/mol. The molecule has 0 unspecified atom stereocenters. The van der Waals surface area contributed by atoms with Crippen LogP contribution in [0.1, 0.15) is 43.0 Å². The predicted octanol–water partition coefficient (Wildman–Crippen LogP) is 3.19. The highest BCUT2D eigenvalue weighted by molar-refractivity contribution is 5.95. The van der Waals surface area contributed by atoms with Gasteiger partial charge in [0, 0.05) is 31.3 Å². The summed E-state index contributed by atoms with van der Waals surface area (Å²) in [7, 11) is 0. The van der Waals surface area contributed by atoms with Gasteiger partial charge in [-0.2, -0.15) is 0 Å². The number of rotatable bonds is 4. The number of piperidine rings is 1. The number of nitro groups is 1. The summed E-state index contributed by atoms with van der Waals surface area (Å²) in [4.78, 5) is 24.5. The number of nitrogens with zero attached hydrogens (tertiary/aromatic N) is 2. The molecule has 2 aliphatic rings. The number of benzene rings is 1. The molecule has 0 spiro atoms. The molecule has 2 heterocycles. The molecule has 0 aliphatic carbocycles. The molecule has 1 atom stereocenters. The summed E-state index contributed by atoms with van der Waals surface area (Å²) in [6, 6.07) is 4.78. The minimum absolute atomic E-state index is 0.0215.